The fourth-order valence-electron chi connectivity index (χ4n) is 2.83. The molecule has 1 unspecified atom stereocenters. The monoisotopic (exact) mass is 284 g/mol. The van der Waals surface area contributed by atoms with E-state index in [9.17, 15) is 4.39 Å². The van der Waals surface area contributed by atoms with Crippen LogP contribution in [0.25, 0.3) is 0 Å². The summed E-state index contributed by atoms with van der Waals surface area (Å²) in [5, 5.41) is 0.435. The third-order valence-electron chi connectivity index (χ3n) is 3.88. The van der Waals surface area contributed by atoms with Gasteiger partial charge in [0.15, 0.2) is 0 Å². The molecule has 1 saturated heterocycles. The molecule has 0 aliphatic carbocycles. The second-order valence-electron chi connectivity index (χ2n) is 5.22. The highest BCUT2D eigenvalue weighted by molar-refractivity contribution is 6.30. The predicted molar refractivity (Wildman–Crippen MR) is 77.9 cm³/mol. The standard InChI is InChI=1S/C15H22ClFN2/c16-12-6-7-13(14(17)10-12)15(11-18)19-8-4-2-1-3-5-9-19/h6-7,10,15H,1-5,8-9,11,18H2. The van der Waals surface area contributed by atoms with Crippen LogP contribution in [0.15, 0.2) is 18.2 Å². The van der Waals surface area contributed by atoms with Crippen LogP contribution in [-0.2, 0) is 0 Å². The number of rotatable bonds is 3. The van der Waals surface area contributed by atoms with Crippen LogP contribution in [0.5, 0.6) is 0 Å². The van der Waals surface area contributed by atoms with E-state index >= 15 is 0 Å². The molecule has 2 nitrogen and oxygen atoms in total. The van der Waals surface area contributed by atoms with Gasteiger partial charge in [-0.25, -0.2) is 4.39 Å². The van der Waals surface area contributed by atoms with Crippen LogP contribution in [0.3, 0.4) is 0 Å². The van der Waals surface area contributed by atoms with Crippen molar-refractivity contribution in [3.63, 3.8) is 0 Å². The van der Waals surface area contributed by atoms with Crippen LogP contribution in [-0.4, -0.2) is 24.5 Å². The molecule has 1 heterocycles. The van der Waals surface area contributed by atoms with Crippen molar-refractivity contribution in [2.24, 2.45) is 5.73 Å². The Bertz CT molecular complexity index is 403. The van der Waals surface area contributed by atoms with E-state index in [0.717, 1.165) is 13.1 Å². The summed E-state index contributed by atoms with van der Waals surface area (Å²) in [5.41, 5.74) is 6.56. The van der Waals surface area contributed by atoms with E-state index in [1.54, 1.807) is 12.1 Å². The minimum Gasteiger partial charge on any atom is -0.329 e. The number of hydrogen-bond acceptors (Lipinski definition) is 2. The first-order chi connectivity index (χ1) is 9.22. The minimum atomic E-state index is -0.245. The van der Waals surface area contributed by atoms with E-state index in [1.165, 1.54) is 38.2 Å². The molecule has 2 N–H and O–H groups in total. The van der Waals surface area contributed by atoms with Gasteiger partial charge in [-0.3, -0.25) is 4.90 Å². The molecule has 0 amide bonds. The van der Waals surface area contributed by atoms with E-state index in [4.69, 9.17) is 17.3 Å². The highest BCUT2D eigenvalue weighted by Gasteiger charge is 2.22. The molecule has 0 radical (unpaired) electrons. The molecular formula is C15H22ClFN2. The predicted octanol–water partition coefficient (Wildman–Crippen LogP) is 3.75. The van der Waals surface area contributed by atoms with Crippen LogP contribution in [0.4, 0.5) is 4.39 Å². The van der Waals surface area contributed by atoms with Crippen LogP contribution in [0.2, 0.25) is 5.02 Å². The molecular weight excluding hydrogens is 263 g/mol. The van der Waals surface area contributed by atoms with E-state index < -0.39 is 0 Å². The Morgan fingerprint density at radius 1 is 1.16 bits per heavy atom. The molecule has 4 heteroatoms. The summed E-state index contributed by atoms with van der Waals surface area (Å²) in [4.78, 5) is 2.32. The number of hydrogen-bond donors (Lipinski definition) is 1. The van der Waals surface area contributed by atoms with Crippen molar-refractivity contribution in [2.45, 2.75) is 38.1 Å². The summed E-state index contributed by atoms with van der Waals surface area (Å²) in [5.74, 6) is -0.245. The molecule has 1 aliphatic heterocycles. The summed E-state index contributed by atoms with van der Waals surface area (Å²) in [6.45, 7) is 2.45. The summed E-state index contributed by atoms with van der Waals surface area (Å²) in [6, 6.07) is 4.86. The van der Waals surface area contributed by atoms with Gasteiger partial charge in [0, 0.05) is 23.2 Å². The Kier molecular flexibility index (Phi) is 5.61. The van der Waals surface area contributed by atoms with Crippen molar-refractivity contribution in [1.29, 1.82) is 0 Å². The van der Waals surface area contributed by atoms with E-state index in [0.29, 0.717) is 17.1 Å². The van der Waals surface area contributed by atoms with Crippen molar-refractivity contribution in [3.05, 3.63) is 34.6 Å². The summed E-state index contributed by atoms with van der Waals surface area (Å²) < 4.78 is 14.1. The molecule has 106 valence electrons. The lowest BCUT2D eigenvalue weighted by atomic mass is 10.0. The number of nitrogens with zero attached hydrogens (tertiary/aromatic N) is 1. The second-order valence-corrected chi connectivity index (χ2v) is 5.66. The maximum Gasteiger partial charge on any atom is 0.129 e. The number of halogens is 2. The Balaban J connectivity index is 2.17. The normalized spacial score (nSPS) is 19.7. The lowest BCUT2D eigenvalue weighted by Crippen LogP contribution is -2.36. The van der Waals surface area contributed by atoms with E-state index in [2.05, 4.69) is 4.90 Å². The Hall–Kier alpha value is -0.640. The molecule has 2 rings (SSSR count). The summed E-state index contributed by atoms with van der Waals surface area (Å²) in [6.07, 6.45) is 6.18. The zero-order valence-corrected chi connectivity index (χ0v) is 12.0. The Labute approximate surface area is 119 Å². The lowest BCUT2D eigenvalue weighted by molar-refractivity contribution is 0.180. The van der Waals surface area contributed by atoms with Crippen LogP contribution in [0.1, 0.15) is 43.7 Å². The van der Waals surface area contributed by atoms with Crippen molar-refractivity contribution in [1.82, 2.24) is 4.90 Å². The second kappa shape index (κ2) is 7.22. The third kappa shape index (κ3) is 3.91. The average molecular weight is 285 g/mol. The third-order valence-corrected chi connectivity index (χ3v) is 4.11. The maximum atomic E-state index is 14.1. The molecule has 1 aromatic carbocycles. The van der Waals surface area contributed by atoms with Crippen molar-refractivity contribution < 1.29 is 4.39 Å². The molecule has 0 spiro atoms. The molecule has 1 atom stereocenters. The number of likely N-dealkylation sites (tertiary alicyclic amines) is 1. The molecule has 0 bridgehead atoms. The van der Waals surface area contributed by atoms with Gasteiger partial charge in [-0.05, 0) is 38.1 Å². The van der Waals surface area contributed by atoms with Crippen molar-refractivity contribution in [3.8, 4) is 0 Å². The molecule has 1 aromatic rings. The summed E-state index contributed by atoms with van der Waals surface area (Å²) >= 11 is 5.81. The highest BCUT2D eigenvalue weighted by atomic mass is 35.5. The van der Waals surface area contributed by atoms with Gasteiger partial charge < -0.3 is 5.73 Å². The van der Waals surface area contributed by atoms with Gasteiger partial charge >= 0.3 is 0 Å². The fraction of sp³-hybridized carbons (Fsp3) is 0.600. The summed E-state index contributed by atoms with van der Waals surface area (Å²) in [7, 11) is 0. The largest absolute Gasteiger partial charge is 0.329 e. The number of benzene rings is 1. The average Bonchev–Trinajstić information content (AvgIpc) is 2.34. The van der Waals surface area contributed by atoms with Gasteiger partial charge in [-0.1, -0.05) is 36.9 Å². The van der Waals surface area contributed by atoms with E-state index in [-0.39, 0.29) is 11.9 Å². The fourth-order valence-corrected chi connectivity index (χ4v) is 2.99. The first-order valence-electron chi connectivity index (χ1n) is 7.11. The Morgan fingerprint density at radius 3 is 2.37 bits per heavy atom. The van der Waals surface area contributed by atoms with Gasteiger partial charge in [0.05, 0.1) is 0 Å². The zero-order valence-electron chi connectivity index (χ0n) is 11.2. The van der Waals surface area contributed by atoms with Crippen molar-refractivity contribution in [2.75, 3.05) is 19.6 Å². The van der Waals surface area contributed by atoms with Crippen molar-refractivity contribution >= 4 is 11.6 Å². The maximum absolute atomic E-state index is 14.1. The highest BCUT2D eigenvalue weighted by Crippen LogP contribution is 2.26. The lowest BCUT2D eigenvalue weighted by Gasteiger charge is -2.32. The van der Waals surface area contributed by atoms with Gasteiger partial charge in [-0.2, -0.15) is 0 Å². The smallest absolute Gasteiger partial charge is 0.129 e. The van der Waals surface area contributed by atoms with Gasteiger partial charge in [0.25, 0.3) is 0 Å². The molecule has 1 fully saturated rings. The van der Waals surface area contributed by atoms with Gasteiger partial charge in [0.2, 0.25) is 0 Å². The van der Waals surface area contributed by atoms with Crippen LogP contribution >= 0.6 is 11.6 Å². The van der Waals surface area contributed by atoms with E-state index in [1.807, 2.05) is 0 Å². The molecule has 0 aromatic heterocycles. The topological polar surface area (TPSA) is 29.3 Å². The van der Waals surface area contributed by atoms with Crippen LogP contribution in [0, 0.1) is 5.82 Å². The van der Waals surface area contributed by atoms with Crippen LogP contribution < -0.4 is 5.73 Å². The molecule has 0 saturated carbocycles. The molecule has 19 heavy (non-hydrogen) atoms. The SMILES string of the molecule is NCC(c1ccc(Cl)cc1F)N1CCCCCCC1. The number of nitrogens with two attached hydrogens (primary N) is 1. The molecule has 1 aliphatic rings. The first kappa shape index (κ1) is 14.8. The quantitative estimate of drug-likeness (QED) is 0.916. The first-order valence-corrected chi connectivity index (χ1v) is 7.49. The zero-order chi connectivity index (χ0) is 13.7. The Morgan fingerprint density at radius 2 is 1.79 bits per heavy atom. The van der Waals surface area contributed by atoms with Gasteiger partial charge in [0.1, 0.15) is 5.82 Å². The van der Waals surface area contributed by atoms with Gasteiger partial charge in [-0.15, -0.1) is 0 Å². The minimum absolute atomic E-state index is 0.0321.